The van der Waals surface area contributed by atoms with E-state index in [0.29, 0.717) is 24.4 Å². The summed E-state index contributed by atoms with van der Waals surface area (Å²) in [5.74, 6) is 1.72. The maximum Gasteiger partial charge on any atom is 0.255 e. The molecule has 3 amide bonds. The number of carbonyl (C=O) groups is 3. The number of piperidine rings is 2. The van der Waals surface area contributed by atoms with Gasteiger partial charge in [-0.05, 0) is 109 Å². The number of imide groups is 1. The lowest BCUT2D eigenvalue weighted by molar-refractivity contribution is -0.136. The molecule has 1 unspecified atom stereocenters. The Labute approximate surface area is 332 Å². The Kier molecular flexibility index (Phi) is 9.74. The maximum absolute atomic E-state index is 13.1. The third kappa shape index (κ3) is 7.30. The Morgan fingerprint density at radius 2 is 1.53 bits per heavy atom. The van der Waals surface area contributed by atoms with E-state index in [2.05, 4.69) is 78.4 Å². The lowest BCUT2D eigenvalue weighted by atomic mass is 9.95. The number of rotatable bonds is 8. The molecule has 1 aromatic heterocycles. The monoisotopic (exact) mass is 819 g/mol. The molecule has 1 atom stereocenters. The number of ether oxygens (including phenoxy) is 1. The van der Waals surface area contributed by atoms with Crippen LogP contribution in [0.5, 0.6) is 17.2 Å². The molecule has 9 rings (SSSR count). The van der Waals surface area contributed by atoms with E-state index in [1.54, 1.807) is 28.4 Å². The van der Waals surface area contributed by atoms with E-state index in [0.717, 1.165) is 106 Å². The first kappa shape index (κ1) is 35.8. The fourth-order valence-corrected chi connectivity index (χ4v) is 9.92. The van der Waals surface area contributed by atoms with Crippen LogP contribution in [-0.2, 0) is 16.1 Å². The van der Waals surface area contributed by atoms with Gasteiger partial charge in [0.15, 0.2) is 5.75 Å². The van der Waals surface area contributed by atoms with E-state index in [1.165, 1.54) is 5.69 Å². The first-order valence-electron chi connectivity index (χ1n) is 19.0. The molecule has 4 aliphatic heterocycles. The molecule has 10 nitrogen and oxygen atoms in total. The molecule has 0 saturated carbocycles. The number of thiophene rings is 1. The summed E-state index contributed by atoms with van der Waals surface area (Å²) >= 11 is 5.16. The fraction of sp³-hybridized carbons (Fsp3) is 0.326. The Morgan fingerprint density at radius 1 is 0.800 bits per heavy atom. The summed E-state index contributed by atoms with van der Waals surface area (Å²) < 4.78 is 8.58. The van der Waals surface area contributed by atoms with Gasteiger partial charge in [0.2, 0.25) is 11.8 Å². The number of halogens is 1. The SMILES string of the molecule is O=C1CCC(N2Cc3cc(N4CCN(CC5CCN(c6ccc(Oc7c(-c8ccc(Br)cc8)sc8cc(O)ccc78)cc6)CC5)CC4)ccc3C2=O)C(=O)N1. The molecule has 55 heavy (non-hydrogen) atoms. The molecule has 5 heterocycles. The Morgan fingerprint density at radius 3 is 2.27 bits per heavy atom. The topological polar surface area (TPSA) is 106 Å². The lowest BCUT2D eigenvalue weighted by Gasteiger charge is -2.40. The molecule has 4 aliphatic rings. The van der Waals surface area contributed by atoms with Crippen LogP contribution < -0.4 is 19.9 Å². The van der Waals surface area contributed by atoms with Crippen LogP contribution in [0, 0.1) is 5.92 Å². The second-order valence-corrected chi connectivity index (χ2v) is 17.0. The van der Waals surface area contributed by atoms with Gasteiger partial charge >= 0.3 is 0 Å². The predicted octanol–water partition coefficient (Wildman–Crippen LogP) is 7.63. The maximum atomic E-state index is 13.1. The van der Waals surface area contributed by atoms with E-state index in [1.807, 2.05) is 30.3 Å². The van der Waals surface area contributed by atoms with E-state index in [9.17, 15) is 19.5 Å². The second-order valence-electron chi connectivity index (χ2n) is 15.0. The number of piperazine rings is 1. The van der Waals surface area contributed by atoms with Crippen LogP contribution in [-0.4, -0.2) is 84.5 Å². The van der Waals surface area contributed by atoms with Gasteiger partial charge in [-0.3, -0.25) is 24.6 Å². The highest BCUT2D eigenvalue weighted by molar-refractivity contribution is 9.10. The number of phenolic OH excluding ortho intramolecular Hbond substituents is 1. The number of phenols is 1. The standard InChI is InChI=1S/C43H42BrN5O5S/c44-30-3-1-28(2-4-30)41-40(36-12-8-33(50)24-38(36)55-41)54-34-9-5-31(6-10-34)47-17-15-27(16-18-47)25-46-19-21-48(22-20-46)32-7-11-35-29(23-32)26-49(43(35)53)37-13-14-39(51)45-42(37)52/h1-12,23-24,27,37,50H,13-22,25-26H2,(H,45,51,52). The summed E-state index contributed by atoms with van der Waals surface area (Å²) in [7, 11) is 0. The fourth-order valence-electron chi connectivity index (χ4n) is 8.48. The van der Waals surface area contributed by atoms with Crippen molar-refractivity contribution >= 4 is 66.4 Å². The van der Waals surface area contributed by atoms with Gasteiger partial charge in [0.05, 0.1) is 4.88 Å². The second kappa shape index (κ2) is 15.0. The number of benzene rings is 4. The zero-order valence-corrected chi connectivity index (χ0v) is 32.8. The smallest absolute Gasteiger partial charge is 0.255 e. The van der Waals surface area contributed by atoms with Gasteiger partial charge in [-0.1, -0.05) is 28.1 Å². The van der Waals surface area contributed by atoms with Crippen molar-refractivity contribution in [3.05, 3.63) is 101 Å². The van der Waals surface area contributed by atoms with Crippen molar-refractivity contribution in [1.29, 1.82) is 0 Å². The highest BCUT2D eigenvalue weighted by atomic mass is 79.9. The number of fused-ring (bicyclic) bond motifs is 2. The largest absolute Gasteiger partial charge is 0.508 e. The number of aromatic hydroxyl groups is 1. The van der Waals surface area contributed by atoms with E-state index in [4.69, 9.17) is 4.74 Å². The Bertz CT molecular complexity index is 2260. The van der Waals surface area contributed by atoms with Crippen LogP contribution >= 0.6 is 27.3 Å². The quantitative estimate of drug-likeness (QED) is 0.154. The minimum atomic E-state index is -0.592. The van der Waals surface area contributed by atoms with Gasteiger partial charge in [-0.15, -0.1) is 11.3 Å². The van der Waals surface area contributed by atoms with Crippen molar-refractivity contribution in [3.8, 4) is 27.7 Å². The molecule has 0 spiro atoms. The van der Waals surface area contributed by atoms with Crippen LogP contribution in [0.1, 0.15) is 41.6 Å². The third-order valence-electron chi connectivity index (χ3n) is 11.5. The first-order chi connectivity index (χ1) is 26.8. The van der Waals surface area contributed by atoms with Crippen molar-refractivity contribution in [2.75, 3.05) is 55.6 Å². The molecule has 282 valence electrons. The molecule has 4 aromatic carbocycles. The van der Waals surface area contributed by atoms with Gasteiger partial charge < -0.3 is 24.5 Å². The molecular formula is C43H42BrN5O5S. The third-order valence-corrected chi connectivity index (χ3v) is 13.2. The number of hydrogen-bond acceptors (Lipinski definition) is 9. The van der Waals surface area contributed by atoms with E-state index < -0.39 is 6.04 Å². The van der Waals surface area contributed by atoms with Gasteiger partial charge in [-0.2, -0.15) is 0 Å². The summed E-state index contributed by atoms with van der Waals surface area (Å²) in [4.78, 5) is 47.3. The average molecular weight is 821 g/mol. The molecule has 2 N–H and O–H groups in total. The Hall–Kier alpha value is -4.91. The van der Waals surface area contributed by atoms with Crippen LogP contribution in [0.3, 0.4) is 0 Å². The van der Waals surface area contributed by atoms with Gasteiger partial charge in [0.25, 0.3) is 5.91 Å². The van der Waals surface area contributed by atoms with Gasteiger partial charge in [-0.25, -0.2) is 0 Å². The zero-order chi connectivity index (χ0) is 37.6. The Balaban J connectivity index is 0.769. The average Bonchev–Trinajstić information content (AvgIpc) is 3.71. The van der Waals surface area contributed by atoms with Crippen molar-refractivity contribution < 1.29 is 24.2 Å². The van der Waals surface area contributed by atoms with Crippen molar-refractivity contribution in [1.82, 2.24) is 15.1 Å². The number of amides is 3. The minimum Gasteiger partial charge on any atom is -0.508 e. The summed E-state index contributed by atoms with van der Waals surface area (Å²) in [6.45, 7) is 7.45. The molecule has 3 fully saturated rings. The molecular weight excluding hydrogens is 778 g/mol. The number of nitrogens with zero attached hydrogens (tertiary/aromatic N) is 4. The molecule has 0 aliphatic carbocycles. The van der Waals surface area contributed by atoms with Crippen LogP contribution in [0.2, 0.25) is 0 Å². The summed E-state index contributed by atoms with van der Waals surface area (Å²) in [6, 6.07) is 27.6. The minimum absolute atomic E-state index is 0.129. The van der Waals surface area contributed by atoms with Crippen LogP contribution in [0.4, 0.5) is 11.4 Å². The molecule has 5 aromatic rings. The highest BCUT2D eigenvalue weighted by Crippen LogP contribution is 2.47. The highest BCUT2D eigenvalue weighted by Gasteiger charge is 2.39. The van der Waals surface area contributed by atoms with E-state index in [-0.39, 0.29) is 29.9 Å². The predicted molar refractivity (Wildman–Crippen MR) is 219 cm³/mol. The summed E-state index contributed by atoms with van der Waals surface area (Å²) in [5.41, 5.74) is 5.01. The summed E-state index contributed by atoms with van der Waals surface area (Å²) in [5, 5.41) is 13.5. The molecule has 0 bridgehead atoms. The normalized spacial score (nSPS) is 19.6. The molecule has 0 radical (unpaired) electrons. The number of anilines is 2. The van der Waals surface area contributed by atoms with Gasteiger partial charge in [0, 0.05) is 90.3 Å². The van der Waals surface area contributed by atoms with E-state index >= 15 is 0 Å². The van der Waals surface area contributed by atoms with Gasteiger partial charge in [0.1, 0.15) is 17.5 Å². The van der Waals surface area contributed by atoms with Crippen LogP contribution in [0.25, 0.3) is 20.5 Å². The van der Waals surface area contributed by atoms with Crippen LogP contribution in [0.15, 0.2) is 89.4 Å². The number of nitrogens with one attached hydrogen (secondary N) is 1. The zero-order valence-electron chi connectivity index (χ0n) is 30.4. The molecule has 12 heteroatoms. The lowest BCUT2D eigenvalue weighted by Crippen LogP contribution is -2.52. The molecule has 3 saturated heterocycles. The summed E-state index contributed by atoms with van der Waals surface area (Å²) in [6.07, 6.45) is 2.95. The van der Waals surface area contributed by atoms with Crippen molar-refractivity contribution in [2.45, 2.75) is 38.3 Å². The number of hydrogen-bond donors (Lipinski definition) is 2. The van der Waals surface area contributed by atoms with Crippen molar-refractivity contribution in [3.63, 3.8) is 0 Å². The number of carbonyl (C=O) groups excluding carboxylic acids is 3. The van der Waals surface area contributed by atoms with Crippen molar-refractivity contribution in [2.24, 2.45) is 5.92 Å². The first-order valence-corrected chi connectivity index (χ1v) is 20.7.